The van der Waals surface area contributed by atoms with Crippen LogP contribution in [0.3, 0.4) is 0 Å². The maximum absolute atomic E-state index is 4.56. The Morgan fingerprint density at radius 3 is 1.29 bits per heavy atom. The molecule has 0 aliphatic heterocycles. The van der Waals surface area contributed by atoms with Crippen molar-refractivity contribution in [3.63, 3.8) is 0 Å². The molecule has 0 atom stereocenters. The lowest BCUT2D eigenvalue weighted by molar-refractivity contribution is 0.621. The minimum atomic E-state index is 0.572. The molecular formula is C32H24N10. The average molecular weight is 549 g/mol. The van der Waals surface area contributed by atoms with Gasteiger partial charge >= 0.3 is 0 Å². The van der Waals surface area contributed by atoms with E-state index in [1.807, 2.05) is 94.6 Å². The first-order valence-electron chi connectivity index (χ1n) is 13.4. The van der Waals surface area contributed by atoms with E-state index in [1.54, 1.807) is 24.8 Å². The number of nitrogens with zero attached hydrogens (tertiary/aromatic N) is 10. The molecule has 0 saturated carbocycles. The first kappa shape index (κ1) is 25.1. The van der Waals surface area contributed by atoms with Gasteiger partial charge in [-0.15, -0.1) is 10.2 Å². The van der Waals surface area contributed by atoms with Crippen LogP contribution in [-0.4, -0.2) is 49.9 Å². The lowest BCUT2D eigenvalue weighted by Gasteiger charge is -2.09. The third-order valence-corrected chi connectivity index (χ3v) is 6.83. The third kappa shape index (κ3) is 5.41. The Morgan fingerprint density at radius 1 is 0.429 bits per heavy atom. The van der Waals surface area contributed by atoms with Gasteiger partial charge in [-0.2, -0.15) is 0 Å². The molecule has 0 radical (unpaired) electrons. The van der Waals surface area contributed by atoms with Crippen molar-refractivity contribution in [1.82, 2.24) is 49.9 Å². The van der Waals surface area contributed by atoms with Gasteiger partial charge in [0.2, 0.25) is 0 Å². The maximum Gasteiger partial charge on any atom is 0.114 e. The zero-order valence-electron chi connectivity index (χ0n) is 22.4. The highest BCUT2D eigenvalue weighted by Gasteiger charge is 2.11. The molecule has 0 unspecified atom stereocenters. The van der Waals surface area contributed by atoms with Gasteiger partial charge in [-0.25, -0.2) is 9.36 Å². The van der Waals surface area contributed by atoms with Crippen molar-refractivity contribution in [2.75, 3.05) is 0 Å². The molecule has 10 nitrogen and oxygen atoms in total. The Balaban J connectivity index is 1.04. The molecule has 0 bridgehead atoms. The fourth-order valence-corrected chi connectivity index (χ4v) is 4.65. The van der Waals surface area contributed by atoms with Gasteiger partial charge in [0.1, 0.15) is 11.4 Å². The molecule has 6 aromatic heterocycles. The number of pyridine rings is 4. The van der Waals surface area contributed by atoms with Gasteiger partial charge in [0.25, 0.3) is 0 Å². The van der Waals surface area contributed by atoms with Crippen LogP contribution in [-0.2, 0) is 13.1 Å². The summed E-state index contributed by atoms with van der Waals surface area (Å²) in [4.78, 5) is 17.8. The second kappa shape index (κ2) is 11.3. The zero-order chi connectivity index (χ0) is 28.1. The minimum Gasteiger partial charge on any atom is -0.255 e. The Bertz CT molecular complexity index is 1770. The van der Waals surface area contributed by atoms with Crippen molar-refractivity contribution in [2.24, 2.45) is 0 Å². The van der Waals surface area contributed by atoms with Gasteiger partial charge in [0.15, 0.2) is 0 Å². The third-order valence-electron chi connectivity index (χ3n) is 6.83. The summed E-state index contributed by atoms with van der Waals surface area (Å²) < 4.78 is 3.67. The SMILES string of the molecule is c1ccc(-c2ccc(-c3cn(Cc4ccccc4Cn4cc(-c5ccc(-c6ccccn6)nc5)nn4)nn3)cn2)nc1. The summed E-state index contributed by atoms with van der Waals surface area (Å²) >= 11 is 0. The summed E-state index contributed by atoms with van der Waals surface area (Å²) in [6.07, 6.45) is 11.0. The molecule has 202 valence electrons. The second-order valence-electron chi connectivity index (χ2n) is 9.67. The van der Waals surface area contributed by atoms with Crippen molar-refractivity contribution in [1.29, 1.82) is 0 Å². The smallest absolute Gasteiger partial charge is 0.114 e. The van der Waals surface area contributed by atoms with Gasteiger partial charge < -0.3 is 0 Å². The summed E-state index contributed by atoms with van der Waals surface area (Å²) in [5.41, 5.74) is 8.85. The first-order valence-corrected chi connectivity index (χ1v) is 13.4. The minimum absolute atomic E-state index is 0.572. The summed E-state index contributed by atoms with van der Waals surface area (Å²) in [5.74, 6) is 0. The summed E-state index contributed by atoms with van der Waals surface area (Å²) in [6, 6.07) is 27.7. The summed E-state index contributed by atoms with van der Waals surface area (Å²) in [6.45, 7) is 1.14. The molecule has 0 aliphatic rings. The van der Waals surface area contributed by atoms with Gasteiger partial charge in [-0.1, -0.05) is 46.8 Å². The normalized spacial score (nSPS) is 11.0. The van der Waals surface area contributed by atoms with Crippen LogP contribution in [0.15, 0.2) is 122 Å². The summed E-state index contributed by atoms with van der Waals surface area (Å²) in [5, 5.41) is 17.5. The summed E-state index contributed by atoms with van der Waals surface area (Å²) in [7, 11) is 0. The van der Waals surface area contributed by atoms with E-state index in [4.69, 9.17) is 0 Å². The fourth-order valence-electron chi connectivity index (χ4n) is 4.65. The van der Waals surface area contributed by atoms with Gasteiger partial charge in [0.05, 0.1) is 48.3 Å². The molecule has 10 heteroatoms. The van der Waals surface area contributed by atoms with Crippen molar-refractivity contribution in [3.05, 3.63) is 133 Å². The van der Waals surface area contributed by atoms with E-state index >= 15 is 0 Å². The number of benzene rings is 1. The highest BCUT2D eigenvalue weighted by Crippen LogP contribution is 2.22. The van der Waals surface area contributed by atoms with Crippen LogP contribution in [0.25, 0.3) is 45.3 Å². The second-order valence-corrected chi connectivity index (χ2v) is 9.67. The molecule has 0 amide bonds. The number of rotatable bonds is 8. The monoisotopic (exact) mass is 548 g/mol. The fraction of sp³-hybridized carbons (Fsp3) is 0.0625. The Morgan fingerprint density at radius 2 is 0.881 bits per heavy atom. The van der Waals surface area contributed by atoms with Gasteiger partial charge in [0, 0.05) is 35.9 Å². The Kier molecular flexibility index (Phi) is 6.75. The molecule has 6 heterocycles. The number of aromatic nitrogens is 10. The molecule has 7 aromatic rings. The van der Waals surface area contributed by atoms with Crippen LogP contribution < -0.4 is 0 Å². The maximum atomic E-state index is 4.56. The lowest BCUT2D eigenvalue weighted by Crippen LogP contribution is -2.07. The van der Waals surface area contributed by atoms with E-state index in [0.29, 0.717) is 13.1 Å². The van der Waals surface area contributed by atoms with Crippen LogP contribution in [0.2, 0.25) is 0 Å². The van der Waals surface area contributed by atoms with Gasteiger partial charge in [-0.05, 0) is 59.7 Å². The average Bonchev–Trinajstić information content (AvgIpc) is 3.73. The molecule has 0 N–H and O–H groups in total. The van der Waals surface area contributed by atoms with E-state index in [0.717, 1.165) is 56.4 Å². The standard InChI is InChI=1S/C32H24N10/c1-2-8-26(20-42-22-32(38-40-42)24-12-14-30(36-18-24)28-10-4-6-16-34-28)25(7-1)19-41-21-31(37-39-41)23-11-13-29(35-17-23)27-9-3-5-15-33-27/h1-18,21-22H,19-20H2. The van der Waals surface area contributed by atoms with Crippen LogP contribution in [0.1, 0.15) is 11.1 Å². The molecule has 0 aliphatic carbocycles. The van der Waals surface area contributed by atoms with Crippen molar-refractivity contribution < 1.29 is 0 Å². The van der Waals surface area contributed by atoms with Crippen molar-refractivity contribution in [2.45, 2.75) is 13.1 Å². The van der Waals surface area contributed by atoms with Crippen LogP contribution in [0.4, 0.5) is 0 Å². The predicted molar refractivity (Wildman–Crippen MR) is 158 cm³/mol. The largest absolute Gasteiger partial charge is 0.255 e. The molecule has 42 heavy (non-hydrogen) atoms. The first-order chi connectivity index (χ1) is 20.8. The highest BCUT2D eigenvalue weighted by atomic mass is 15.4. The van der Waals surface area contributed by atoms with Crippen LogP contribution >= 0.6 is 0 Å². The Labute approximate surface area is 241 Å². The Hall–Kier alpha value is -5.90. The van der Waals surface area contributed by atoms with E-state index in [2.05, 4.69) is 52.7 Å². The van der Waals surface area contributed by atoms with Gasteiger partial charge in [-0.3, -0.25) is 19.9 Å². The van der Waals surface area contributed by atoms with Crippen LogP contribution in [0, 0.1) is 0 Å². The zero-order valence-corrected chi connectivity index (χ0v) is 22.4. The molecule has 0 fully saturated rings. The molecule has 0 saturated heterocycles. The van der Waals surface area contributed by atoms with Crippen LogP contribution in [0.5, 0.6) is 0 Å². The number of hydrogen-bond donors (Lipinski definition) is 0. The number of hydrogen-bond acceptors (Lipinski definition) is 8. The molecular weight excluding hydrogens is 524 g/mol. The molecule has 7 rings (SSSR count). The van der Waals surface area contributed by atoms with E-state index < -0.39 is 0 Å². The topological polar surface area (TPSA) is 113 Å². The van der Waals surface area contributed by atoms with E-state index in [9.17, 15) is 0 Å². The predicted octanol–water partition coefficient (Wildman–Crippen LogP) is 5.21. The van der Waals surface area contributed by atoms with Crippen molar-refractivity contribution >= 4 is 0 Å². The quantitative estimate of drug-likeness (QED) is 0.254. The van der Waals surface area contributed by atoms with E-state index in [1.165, 1.54) is 0 Å². The highest BCUT2D eigenvalue weighted by molar-refractivity contribution is 5.62. The lowest BCUT2D eigenvalue weighted by atomic mass is 10.1. The van der Waals surface area contributed by atoms with E-state index in [-0.39, 0.29) is 0 Å². The molecule has 1 aromatic carbocycles. The van der Waals surface area contributed by atoms with Crippen molar-refractivity contribution in [3.8, 4) is 45.3 Å². The molecule has 0 spiro atoms.